The Morgan fingerprint density at radius 3 is 3.16 bits per heavy atom. The van der Waals surface area contributed by atoms with E-state index in [1.807, 2.05) is 24.4 Å². The quantitative estimate of drug-likeness (QED) is 0.862. The lowest BCUT2D eigenvalue weighted by Gasteiger charge is -2.07. The van der Waals surface area contributed by atoms with Crippen molar-refractivity contribution in [3.05, 3.63) is 34.4 Å². The maximum absolute atomic E-state index is 12.3. The summed E-state index contributed by atoms with van der Waals surface area (Å²) in [6, 6.07) is 5.91. The molecule has 100 valence electrons. The molecule has 0 bridgehead atoms. The van der Waals surface area contributed by atoms with E-state index in [0.29, 0.717) is 6.42 Å². The van der Waals surface area contributed by atoms with Crippen LogP contribution in [-0.4, -0.2) is 23.5 Å². The van der Waals surface area contributed by atoms with Gasteiger partial charge in [0.2, 0.25) is 0 Å². The van der Waals surface area contributed by atoms with Crippen LogP contribution < -0.4 is 0 Å². The molecule has 0 amide bonds. The summed E-state index contributed by atoms with van der Waals surface area (Å²) < 4.78 is 6.53. The van der Waals surface area contributed by atoms with Crippen molar-refractivity contribution in [3.8, 4) is 0 Å². The van der Waals surface area contributed by atoms with E-state index < -0.39 is 0 Å². The second-order valence-electron chi connectivity index (χ2n) is 4.96. The minimum atomic E-state index is 0.189. The molecule has 2 aromatic rings. The number of aromatic amines is 1. The zero-order valence-corrected chi connectivity index (χ0v) is 12.2. The van der Waals surface area contributed by atoms with Crippen molar-refractivity contribution in [3.63, 3.8) is 0 Å². The minimum Gasteiger partial charge on any atom is -0.378 e. The standard InChI is InChI=1S/C15H16BrNO2/c16-12-4-1-5-13-15(12)11(9-17-13)14(18)7-6-10-3-2-8-19-10/h1,4-5,9-10,17H,2-3,6-8H2. The molecule has 0 spiro atoms. The lowest BCUT2D eigenvalue weighted by atomic mass is 10.0. The fourth-order valence-electron chi connectivity index (χ4n) is 2.66. The van der Waals surface area contributed by atoms with E-state index in [4.69, 9.17) is 4.74 Å². The highest BCUT2D eigenvalue weighted by molar-refractivity contribution is 9.10. The van der Waals surface area contributed by atoms with Gasteiger partial charge < -0.3 is 9.72 Å². The SMILES string of the molecule is O=C(CCC1CCCO1)c1c[nH]c2cccc(Br)c12. The van der Waals surface area contributed by atoms with Crippen molar-refractivity contribution in [2.24, 2.45) is 0 Å². The highest BCUT2D eigenvalue weighted by atomic mass is 79.9. The summed E-state index contributed by atoms with van der Waals surface area (Å²) in [6.07, 6.45) is 5.68. The Balaban J connectivity index is 1.77. The Morgan fingerprint density at radius 1 is 1.47 bits per heavy atom. The van der Waals surface area contributed by atoms with Gasteiger partial charge in [-0.05, 0) is 31.4 Å². The summed E-state index contributed by atoms with van der Waals surface area (Å²) in [6.45, 7) is 0.845. The van der Waals surface area contributed by atoms with Gasteiger partial charge in [-0.1, -0.05) is 22.0 Å². The fourth-order valence-corrected chi connectivity index (χ4v) is 3.24. The summed E-state index contributed by atoms with van der Waals surface area (Å²) in [7, 11) is 0. The number of nitrogens with one attached hydrogen (secondary N) is 1. The second-order valence-corrected chi connectivity index (χ2v) is 5.82. The molecule has 1 fully saturated rings. The summed E-state index contributed by atoms with van der Waals surface area (Å²) in [5, 5.41) is 0.986. The van der Waals surface area contributed by atoms with E-state index in [-0.39, 0.29) is 11.9 Å². The first kappa shape index (κ1) is 12.9. The zero-order chi connectivity index (χ0) is 13.2. The largest absolute Gasteiger partial charge is 0.378 e. The Bertz CT molecular complexity index is 599. The number of hydrogen-bond acceptors (Lipinski definition) is 2. The maximum atomic E-state index is 12.3. The number of hydrogen-bond donors (Lipinski definition) is 1. The molecule has 1 aliphatic rings. The van der Waals surface area contributed by atoms with E-state index in [0.717, 1.165) is 46.8 Å². The number of ether oxygens (including phenoxy) is 1. The number of ketones is 1. The van der Waals surface area contributed by atoms with Crippen LogP contribution in [-0.2, 0) is 4.74 Å². The van der Waals surface area contributed by atoms with Crippen LogP contribution in [0, 0.1) is 0 Å². The third kappa shape index (κ3) is 2.60. The second kappa shape index (κ2) is 5.47. The number of rotatable bonds is 4. The van der Waals surface area contributed by atoms with E-state index in [1.54, 1.807) is 0 Å². The molecule has 0 radical (unpaired) electrons. The van der Waals surface area contributed by atoms with E-state index in [2.05, 4.69) is 20.9 Å². The highest BCUT2D eigenvalue weighted by Crippen LogP contribution is 2.28. The van der Waals surface area contributed by atoms with Crippen molar-refractivity contribution in [2.75, 3.05) is 6.61 Å². The average molecular weight is 322 g/mol. The van der Waals surface area contributed by atoms with Crippen LogP contribution in [0.3, 0.4) is 0 Å². The minimum absolute atomic E-state index is 0.189. The average Bonchev–Trinajstić information content (AvgIpc) is 3.05. The number of fused-ring (bicyclic) bond motifs is 1. The summed E-state index contributed by atoms with van der Waals surface area (Å²) in [5.41, 5.74) is 1.77. The first-order valence-corrected chi connectivity index (χ1v) is 7.45. The fraction of sp³-hybridized carbons (Fsp3) is 0.400. The first-order valence-electron chi connectivity index (χ1n) is 6.66. The molecular weight excluding hydrogens is 306 g/mol. The predicted molar refractivity (Wildman–Crippen MR) is 78.5 cm³/mol. The maximum Gasteiger partial charge on any atom is 0.165 e. The summed E-state index contributed by atoms with van der Waals surface area (Å²) in [5.74, 6) is 0.189. The van der Waals surface area contributed by atoms with E-state index in [1.165, 1.54) is 0 Å². The highest BCUT2D eigenvalue weighted by Gasteiger charge is 2.19. The van der Waals surface area contributed by atoms with Crippen LogP contribution in [0.1, 0.15) is 36.0 Å². The van der Waals surface area contributed by atoms with Gasteiger partial charge in [0.15, 0.2) is 5.78 Å². The van der Waals surface area contributed by atoms with Crippen LogP contribution in [0.4, 0.5) is 0 Å². The molecule has 1 aromatic heterocycles. The molecule has 4 heteroatoms. The Kier molecular flexibility index (Phi) is 3.71. The van der Waals surface area contributed by atoms with Crippen LogP contribution >= 0.6 is 15.9 Å². The normalized spacial score (nSPS) is 19.1. The lowest BCUT2D eigenvalue weighted by molar-refractivity contribution is 0.0860. The molecule has 0 aliphatic carbocycles. The molecule has 1 aromatic carbocycles. The predicted octanol–water partition coefficient (Wildman–Crippen LogP) is 4.07. The van der Waals surface area contributed by atoms with Gasteiger partial charge in [-0.15, -0.1) is 0 Å². The number of carbonyl (C=O) groups is 1. The zero-order valence-electron chi connectivity index (χ0n) is 10.6. The van der Waals surface area contributed by atoms with Gasteiger partial charge in [-0.2, -0.15) is 0 Å². The third-order valence-electron chi connectivity index (χ3n) is 3.67. The summed E-state index contributed by atoms with van der Waals surface area (Å²) in [4.78, 5) is 15.5. The van der Waals surface area contributed by atoms with Gasteiger partial charge in [-0.3, -0.25) is 4.79 Å². The molecule has 3 rings (SSSR count). The van der Waals surface area contributed by atoms with Crippen molar-refractivity contribution >= 4 is 32.6 Å². The van der Waals surface area contributed by atoms with Crippen molar-refractivity contribution in [2.45, 2.75) is 31.8 Å². The Labute approximate surface area is 120 Å². The van der Waals surface area contributed by atoms with Gasteiger partial charge in [0.05, 0.1) is 6.10 Å². The Hall–Kier alpha value is -1.13. The van der Waals surface area contributed by atoms with Gasteiger partial charge >= 0.3 is 0 Å². The van der Waals surface area contributed by atoms with Crippen molar-refractivity contribution < 1.29 is 9.53 Å². The van der Waals surface area contributed by atoms with Gasteiger partial charge in [0, 0.05) is 40.2 Å². The van der Waals surface area contributed by atoms with E-state index >= 15 is 0 Å². The molecular formula is C15H16BrNO2. The number of benzene rings is 1. The topological polar surface area (TPSA) is 42.1 Å². The lowest BCUT2D eigenvalue weighted by Crippen LogP contribution is -2.08. The summed E-state index contributed by atoms with van der Waals surface area (Å²) >= 11 is 3.52. The Morgan fingerprint density at radius 2 is 2.37 bits per heavy atom. The smallest absolute Gasteiger partial charge is 0.165 e. The van der Waals surface area contributed by atoms with Crippen molar-refractivity contribution in [1.82, 2.24) is 4.98 Å². The molecule has 1 saturated heterocycles. The molecule has 1 N–H and O–H groups in total. The van der Waals surface area contributed by atoms with Gasteiger partial charge in [0.1, 0.15) is 0 Å². The molecule has 2 heterocycles. The number of aromatic nitrogens is 1. The first-order chi connectivity index (χ1) is 9.25. The molecule has 19 heavy (non-hydrogen) atoms. The number of carbonyl (C=O) groups excluding carboxylic acids is 1. The monoisotopic (exact) mass is 321 g/mol. The van der Waals surface area contributed by atoms with Crippen LogP contribution in [0.25, 0.3) is 10.9 Å². The molecule has 1 aliphatic heterocycles. The van der Waals surface area contributed by atoms with E-state index in [9.17, 15) is 4.79 Å². The van der Waals surface area contributed by atoms with Gasteiger partial charge in [0.25, 0.3) is 0 Å². The van der Waals surface area contributed by atoms with Crippen LogP contribution in [0.5, 0.6) is 0 Å². The van der Waals surface area contributed by atoms with Crippen LogP contribution in [0.2, 0.25) is 0 Å². The molecule has 1 unspecified atom stereocenters. The number of H-pyrrole nitrogens is 1. The molecule has 3 nitrogen and oxygen atoms in total. The number of Topliss-reactive ketones (excluding diaryl/α,β-unsaturated/α-hetero) is 1. The number of halogens is 1. The molecule has 0 saturated carbocycles. The van der Waals surface area contributed by atoms with Gasteiger partial charge in [-0.25, -0.2) is 0 Å². The third-order valence-corrected chi connectivity index (χ3v) is 4.33. The van der Waals surface area contributed by atoms with Crippen molar-refractivity contribution in [1.29, 1.82) is 0 Å². The van der Waals surface area contributed by atoms with Crippen LogP contribution in [0.15, 0.2) is 28.9 Å². The molecule has 1 atom stereocenters.